The van der Waals surface area contributed by atoms with Crippen molar-refractivity contribution < 1.29 is 0 Å². The van der Waals surface area contributed by atoms with Gasteiger partial charge in [0.2, 0.25) is 0 Å². The van der Waals surface area contributed by atoms with E-state index >= 15 is 0 Å². The van der Waals surface area contributed by atoms with E-state index in [0.29, 0.717) is 6.04 Å². The monoisotopic (exact) mass is 248 g/mol. The molecule has 1 atom stereocenters. The molecule has 2 heteroatoms. The second-order valence-corrected chi connectivity index (χ2v) is 6.51. The highest BCUT2D eigenvalue weighted by Gasteiger charge is 2.15. The number of likely N-dealkylation sites (N-methyl/N-ethyl adjacent to an activating group) is 1. The van der Waals surface area contributed by atoms with Crippen LogP contribution in [0.2, 0.25) is 0 Å². The van der Waals surface area contributed by atoms with Crippen LogP contribution in [0.3, 0.4) is 0 Å². The third kappa shape index (κ3) is 4.11. The SMILES string of the molecule is CC(C)N(C)CC(N)c1ccc(C(C)(C)C)cc1. The molecule has 18 heavy (non-hydrogen) atoms. The fraction of sp³-hybridized carbons (Fsp3) is 0.625. The molecule has 0 heterocycles. The highest BCUT2D eigenvalue weighted by atomic mass is 15.1. The van der Waals surface area contributed by atoms with E-state index in [2.05, 4.69) is 70.8 Å². The van der Waals surface area contributed by atoms with Crippen molar-refractivity contribution in [2.24, 2.45) is 5.73 Å². The standard InChI is InChI=1S/C16H28N2/c1-12(2)18(6)11-15(17)13-7-9-14(10-8-13)16(3,4)5/h7-10,12,15H,11,17H2,1-6H3. The number of nitrogens with two attached hydrogens (primary N) is 1. The molecule has 0 spiro atoms. The highest BCUT2D eigenvalue weighted by Crippen LogP contribution is 2.23. The third-order valence-corrected chi connectivity index (χ3v) is 3.57. The molecular formula is C16H28N2. The number of rotatable bonds is 4. The molecule has 0 aliphatic rings. The van der Waals surface area contributed by atoms with Gasteiger partial charge in [-0.25, -0.2) is 0 Å². The van der Waals surface area contributed by atoms with E-state index in [1.54, 1.807) is 0 Å². The van der Waals surface area contributed by atoms with Gasteiger partial charge in [0.1, 0.15) is 0 Å². The molecule has 0 radical (unpaired) electrons. The molecule has 0 amide bonds. The fourth-order valence-corrected chi connectivity index (χ4v) is 1.86. The van der Waals surface area contributed by atoms with Crippen molar-refractivity contribution in [3.63, 3.8) is 0 Å². The van der Waals surface area contributed by atoms with Crippen molar-refractivity contribution in [3.8, 4) is 0 Å². The minimum absolute atomic E-state index is 0.0893. The molecule has 0 saturated heterocycles. The summed E-state index contributed by atoms with van der Waals surface area (Å²) in [6.07, 6.45) is 0. The van der Waals surface area contributed by atoms with Gasteiger partial charge in [-0.2, -0.15) is 0 Å². The van der Waals surface area contributed by atoms with Crippen LogP contribution in [-0.2, 0) is 5.41 Å². The summed E-state index contributed by atoms with van der Waals surface area (Å²) in [4.78, 5) is 2.28. The van der Waals surface area contributed by atoms with Crippen molar-refractivity contribution >= 4 is 0 Å². The van der Waals surface area contributed by atoms with Gasteiger partial charge in [-0.1, -0.05) is 45.0 Å². The second kappa shape index (κ2) is 5.85. The Kier molecular flexibility index (Phi) is 4.94. The normalized spacial score (nSPS) is 14.3. The van der Waals surface area contributed by atoms with Gasteiger partial charge in [-0.05, 0) is 37.4 Å². The van der Waals surface area contributed by atoms with Crippen LogP contribution in [0.25, 0.3) is 0 Å². The maximum Gasteiger partial charge on any atom is 0.0424 e. The summed E-state index contributed by atoms with van der Waals surface area (Å²) in [6, 6.07) is 9.35. The van der Waals surface area contributed by atoms with Crippen LogP contribution in [0.5, 0.6) is 0 Å². The lowest BCUT2D eigenvalue weighted by molar-refractivity contribution is 0.257. The van der Waals surface area contributed by atoms with Crippen molar-refractivity contribution in [2.45, 2.75) is 52.1 Å². The van der Waals surface area contributed by atoms with Crippen molar-refractivity contribution in [2.75, 3.05) is 13.6 Å². The molecule has 0 aliphatic heterocycles. The van der Waals surface area contributed by atoms with Crippen molar-refractivity contribution in [3.05, 3.63) is 35.4 Å². The van der Waals surface area contributed by atoms with E-state index in [1.807, 2.05) is 0 Å². The van der Waals surface area contributed by atoms with Crippen molar-refractivity contribution in [1.82, 2.24) is 4.90 Å². The van der Waals surface area contributed by atoms with Gasteiger partial charge in [0.25, 0.3) is 0 Å². The molecule has 0 aromatic heterocycles. The summed E-state index contributed by atoms with van der Waals surface area (Å²) < 4.78 is 0. The summed E-state index contributed by atoms with van der Waals surface area (Å²) in [5.41, 5.74) is 9.03. The number of hydrogen-bond acceptors (Lipinski definition) is 2. The third-order valence-electron chi connectivity index (χ3n) is 3.57. The lowest BCUT2D eigenvalue weighted by atomic mass is 9.86. The molecule has 0 bridgehead atoms. The van der Waals surface area contributed by atoms with Gasteiger partial charge < -0.3 is 10.6 Å². The zero-order chi connectivity index (χ0) is 13.9. The van der Waals surface area contributed by atoms with Gasteiger partial charge in [0, 0.05) is 18.6 Å². The van der Waals surface area contributed by atoms with E-state index in [4.69, 9.17) is 5.73 Å². The van der Waals surface area contributed by atoms with Crippen LogP contribution in [0.1, 0.15) is 51.8 Å². The Hall–Kier alpha value is -0.860. The number of nitrogens with zero attached hydrogens (tertiary/aromatic N) is 1. The number of benzene rings is 1. The second-order valence-electron chi connectivity index (χ2n) is 6.51. The van der Waals surface area contributed by atoms with Crippen molar-refractivity contribution in [1.29, 1.82) is 0 Å². The van der Waals surface area contributed by atoms with E-state index < -0.39 is 0 Å². The largest absolute Gasteiger partial charge is 0.323 e. The first-order valence-electron chi connectivity index (χ1n) is 6.78. The first-order valence-corrected chi connectivity index (χ1v) is 6.78. The van der Waals surface area contributed by atoms with Crippen LogP contribution in [0, 0.1) is 0 Å². The molecule has 1 unspecified atom stereocenters. The average molecular weight is 248 g/mol. The maximum atomic E-state index is 6.25. The minimum atomic E-state index is 0.0893. The summed E-state index contributed by atoms with van der Waals surface area (Å²) in [5.74, 6) is 0. The maximum absolute atomic E-state index is 6.25. The van der Waals surface area contributed by atoms with Crippen LogP contribution < -0.4 is 5.73 Å². The Morgan fingerprint density at radius 3 is 2.00 bits per heavy atom. The molecule has 0 aliphatic carbocycles. The first kappa shape index (κ1) is 15.2. The lowest BCUT2D eigenvalue weighted by Crippen LogP contribution is -2.33. The summed E-state index contributed by atoms with van der Waals surface area (Å²) in [6.45, 7) is 12.0. The molecule has 0 fully saturated rings. The Balaban J connectivity index is 2.73. The topological polar surface area (TPSA) is 29.3 Å². The first-order chi connectivity index (χ1) is 8.21. The van der Waals surface area contributed by atoms with Gasteiger partial charge in [0.15, 0.2) is 0 Å². The quantitative estimate of drug-likeness (QED) is 0.885. The van der Waals surface area contributed by atoms with Crippen LogP contribution in [0.4, 0.5) is 0 Å². The molecule has 102 valence electrons. The van der Waals surface area contributed by atoms with Gasteiger partial charge >= 0.3 is 0 Å². The molecular weight excluding hydrogens is 220 g/mol. The van der Waals surface area contributed by atoms with E-state index in [1.165, 1.54) is 11.1 Å². The Labute approximate surface area is 112 Å². The lowest BCUT2D eigenvalue weighted by Gasteiger charge is -2.25. The van der Waals surface area contributed by atoms with Crippen LogP contribution >= 0.6 is 0 Å². The van der Waals surface area contributed by atoms with E-state index in [0.717, 1.165) is 6.54 Å². The molecule has 2 N–H and O–H groups in total. The zero-order valence-corrected chi connectivity index (χ0v) is 12.7. The predicted octanol–water partition coefficient (Wildman–Crippen LogP) is 3.32. The molecule has 2 nitrogen and oxygen atoms in total. The molecule has 0 saturated carbocycles. The Bertz CT molecular complexity index is 360. The van der Waals surface area contributed by atoms with Gasteiger partial charge in [0.05, 0.1) is 0 Å². The van der Waals surface area contributed by atoms with Crippen LogP contribution in [-0.4, -0.2) is 24.5 Å². The number of hydrogen-bond donors (Lipinski definition) is 1. The van der Waals surface area contributed by atoms with E-state index in [9.17, 15) is 0 Å². The zero-order valence-electron chi connectivity index (χ0n) is 12.7. The molecule has 1 rings (SSSR count). The Morgan fingerprint density at radius 2 is 1.61 bits per heavy atom. The summed E-state index contributed by atoms with van der Waals surface area (Å²) >= 11 is 0. The Morgan fingerprint density at radius 1 is 1.11 bits per heavy atom. The van der Waals surface area contributed by atoms with Crippen LogP contribution in [0.15, 0.2) is 24.3 Å². The average Bonchev–Trinajstić information content (AvgIpc) is 2.27. The smallest absolute Gasteiger partial charge is 0.0424 e. The van der Waals surface area contributed by atoms with Gasteiger partial charge in [-0.15, -0.1) is 0 Å². The summed E-state index contributed by atoms with van der Waals surface area (Å²) in [5, 5.41) is 0. The fourth-order valence-electron chi connectivity index (χ4n) is 1.86. The molecule has 1 aromatic carbocycles. The van der Waals surface area contributed by atoms with Gasteiger partial charge in [-0.3, -0.25) is 0 Å². The summed E-state index contributed by atoms with van der Waals surface area (Å²) in [7, 11) is 2.12. The predicted molar refractivity (Wildman–Crippen MR) is 79.8 cm³/mol. The minimum Gasteiger partial charge on any atom is -0.323 e. The highest BCUT2D eigenvalue weighted by molar-refractivity contribution is 5.29. The molecule has 1 aromatic rings. The van der Waals surface area contributed by atoms with E-state index in [-0.39, 0.29) is 11.5 Å².